The number of nitrogens with two attached hydrogens (primary N) is 1. The molecule has 126 valence electrons. The fourth-order valence-electron chi connectivity index (χ4n) is 3.18. The smallest absolute Gasteiger partial charge is 0.258 e. The van der Waals surface area contributed by atoms with E-state index >= 15 is 0 Å². The third kappa shape index (κ3) is 4.04. The molecule has 2 atom stereocenters. The number of hydrogen-bond donors (Lipinski definition) is 2. The Labute approximate surface area is 146 Å². The minimum absolute atomic E-state index is 0. The van der Waals surface area contributed by atoms with Crippen LogP contribution in [-0.4, -0.2) is 34.0 Å². The predicted octanol–water partition coefficient (Wildman–Crippen LogP) is 2.56. The molecule has 7 heteroatoms. The number of nitrogens with zero attached hydrogens (tertiary/aromatic N) is 2. The molecular formula is C16H22Cl2N4O. The molecule has 0 saturated carbocycles. The molecule has 0 aliphatic carbocycles. The van der Waals surface area contributed by atoms with Gasteiger partial charge in [-0.25, -0.2) is 4.98 Å². The van der Waals surface area contributed by atoms with Crippen molar-refractivity contribution in [3.63, 3.8) is 0 Å². The molecule has 2 unspecified atom stereocenters. The molecular weight excluding hydrogens is 335 g/mol. The van der Waals surface area contributed by atoms with Crippen molar-refractivity contribution >= 4 is 34.9 Å². The molecule has 1 aromatic carbocycles. The second kappa shape index (κ2) is 7.62. The van der Waals surface area contributed by atoms with Gasteiger partial charge < -0.3 is 10.7 Å². The maximum Gasteiger partial charge on any atom is 0.258 e. The monoisotopic (exact) mass is 356 g/mol. The van der Waals surface area contributed by atoms with Gasteiger partial charge in [0.05, 0.1) is 17.4 Å². The van der Waals surface area contributed by atoms with Crippen LogP contribution in [0.3, 0.4) is 0 Å². The maximum atomic E-state index is 12.2. The van der Waals surface area contributed by atoms with E-state index in [4.69, 9.17) is 17.3 Å². The highest BCUT2D eigenvalue weighted by atomic mass is 35.5. The van der Waals surface area contributed by atoms with Crippen LogP contribution in [-0.2, 0) is 6.54 Å². The van der Waals surface area contributed by atoms with Crippen LogP contribution in [0.1, 0.15) is 25.6 Å². The predicted molar refractivity (Wildman–Crippen MR) is 96.3 cm³/mol. The number of hydrogen-bond acceptors (Lipinski definition) is 4. The molecule has 3 N–H and O–H groups in total. The summed E-state index contributed by atoms with van der Waals surface area (Å²) in [7, 11) is 0. The molecule has 0 radical (unpaired) electrons. The van der Waals surface area contributed by atoms with Crippen LogP contribution in [0.4, 0.5) is 0 Å². The first-order valence-electron chi connectivity index (χ1n) is 7.69. The standard InChI is InChI=1S/C16H21ClN4O.ClH/c1-10-4-5-21(12(6-10)8-18)9-15-19-14-3-2-11(17)7-13(14)16(22)20-15;/h2-3,7,10,12H,4-6,8-9,18H2,1H3,(H,19,20,22);1H. The van der Waals surface area contributed by atoms with Crippen LogP contribution in [0.5, 0.6) is 0 Å². The topological polar surface area (TPSA) is 75.0 Å². The summed E-state index contributed by atoms with van der Waals surface area (Å²) in [5, 5.41) is 1.07. The van der Waals surface area contributed by atoms with Crippen LogP contribution in [0.2, 0.25) is 5.02 Å². The van der Waals surface area contributed by atoms with E-state index in [1.165, 1.54) is 0 Å². The lowest BCUT2D eigenvalue weighted by molar-refractivity contribution is 0.112. The van der Waals surface area contributed by atoms with Gasteiger partial charge in [-0.2, -0.15) is 0 Å². The second-order valence-electron chi connectivity index (χ2n) is 6.16. The average Bonchev–Trinajstić information content (AvgIpc) is 2.50. The van der Waals surface area contributed by atoms with Crippen molar-refractivity contribution in [3.8, 4) is 0 Å². The van der Waals surface area contributed by atoms with Gasteiger partial charge in [0, 0.05) is 17.6 Å². The number of H-pyrrole nitrogens is 1. The van der Waals surface area contributed by atoms with Gasteiger partial charge in [0.25, 0.3) is 5.56 Å². The molecule has 0 amide bonds. The number of fused-ring (bicyclic) bond motifs is 1. The average molecular weight is 357 g/mol. The Morgan fingerprint density at radius 3 is 3.00 bits per heavy atom. The summed E-state index contributed by atoms with van der Waals surface area (Å²) in [6.45, 7) is 4.52. The van der Waals surface area contributed by atoms with E-state index in [0.29, 0.717) is 46.8 Å². The van der Waals surface area contributed by atoms with Gasteiger partial charge in [-0.3, -0.25) is 9.69 Å². The van der Waals surface area contributed by atoms with Gasteiger partial charge in [-0.05, 0) is 43.5 Å². The van der Waals surface area contributed by atoms with Crippen LogP contribution >= 0.6 is 24.0 Å². The molecule has 1 aliphatic rings. The Bertz CT molecular complexity index is 734. The minimum Gasteiger partial charge on any atom is -0.329 e. The highest BCUT2D eigenvalue weighted by Crippen LogP contribution is 2.23. The molecule has 1 aliphatic heterocycles. The maximum absolute atomic E-state index is 12.2. The third-order valence-electron chi connectivity index (χ3n) is 4.44. The molecule has 5 nitrogen and oxygen atoms in total. The Balaban J connectivity index is 0.00000192. The van der Waals surface area contributed by atoms with E-state index in [9.17, 15) is 4.79 Å². The fourth-order valence-corrected chi connectivity index (χ4v) is 3.35. The van der Waals surface area contributed by atoms with E-state index in [2.05, 4.69) is 21.8 Å². The van der Waals surface area contributed by atoms with Gasteiger partial charge in [0.2, 0.25) is 0 Å². The summed E-state index contributed by atoms with van der Waals surface area (Å²) in [6.07, 6.45) is 2.26. The normalized spacial score (nSPS) is 22.0. The minimum atomic E-state index is -0.142. The Morgan fingerprint density at radius 1 is 1.48 bits per heavy atom. The van der Waals surface area contributed by atoms with E-state index in [0.717, 1.165) is 19.4 Å². The number of nitrogens with one attached hydrogen (secondary N) is 1. The van der Waals surface area contributed by atoms with Gasteiger partial charge in [-0.1, -0.05) is 18.5 Å². The first kappa shape index (κ1) is 18.2. The van der Waals surface area contributed by atoms with Crippen molar-refractivity contribution in [2.75, 3.05) is 13.1 Å². The van der Waals surface area contributed by atoms with E-state index in [1.54, 1.807) is 18.2 Å². The van der Waals surface area contributed by atoms with Crippen molar-refractivity contribution in [1.82, 2.24) is 14.9 Å². The molecule has 2 heterocycles. The van der Waals surface area contributed by atoms with Gasteiger partial charge in [0.1, 0.15) is 5.82 Å². The Morgan fingerprint density at radius 2 is 2.26 bits per heavy atom. The molecule has 23 heavy (non-hydrogen) atoms. The van der Waals surface area contributed by atoms with E-state index < -0.39 is 0 Å². The van der Waals surface area contributed by atoms with Crippen molar-refractivity contribution < 1.29 is 0 Å². The zero-order valence-electron chi connectivity index (χ0n) is 13.1. The number of piperidine rings is 1. The number of halogens is 2. The summed E-state index contributed by atoms with van der Waals surface area (Å²) in [6, 6.07) is 5.55. The lowest BCUT2D eigenvalue weighted by atomic mass is 9.92. The Kier molecular flexibility index (Phi) is 6.03. The van der Waals surface area contributed by atoms with Crippen LogP contribution in [0.25, 0.3) is 10.9 Å². The summed E-state index contributed by atoms with van der Waals surface area (Å²) in [4.78, 5) is 22.0. The summed E-state index contributed by atoms with van der Waals surface area (Å²) in [5.41, 5.74) is 6.43. The quantitative estimate of drug-likeness (QED) is 0.885. The van der Waals surface area contributed by atoms with Gasteiger partial charge in [-0.15, -0.1) is 12.4 Å². The number of aromatic amines is 1. The number of benzene rings is 1. The molecule has 2 aromatic rings. The highest BCUT2D eigenvalue weighted by Gasteiger charge is 2.25. The van der Waals surface area contributed by atoms with Crippen LogP contribution < -0.4 is 11.3 Å². The number of aromatic nitrogens is 2. The molecule has 1 fully saturated rings. The van der Waals surface area contributed by atoms with Crippen molar-refractivity contribution in [2.45, 2.75) is 32.4 Å². The molecule has 0 spiro atoms. The first-order valence-corrected chi connectivity index (χ1v) is 8.07. The lowest BCUT2D eigenvalue weighted by Gasteiger charge is -2.37. The molecule has 0 bridgehead atoms. The van der Waals surface area contributed by atoms with Crippen molar-refractivity contribution in [3.05, 3.63) is 39.4 Å². The summed E-state index contributed by atoms with van der Waals surface area (Å²) < 4.78 is 0. The number of likely N-dealkylation sites (tertiary alicyclic amines) is 1. The lowest BCUT2D eigenvalue weighted by Crippen LogP contribution is -2.46. The zero-order chi connectivity index (χ0) is 15.7. The van der Waals surface area contributed by atoms with Crippen LogP contribution in [0, 0.1) is 5.92 Å². The first-order chi connectivity index (χ1) is 10.6. The van der Waals surface area contributed by atoms with Gasteiger partial charge in [0.15, 0.2) is 0 Å². The summed E-state index contributed by atoms with van der Waals surface area (Å²) >= 11 is 5.93. The largest absolute Gasteiger partial charge is 0.329 e. The highest BCUT2D eigenvalue weighted by molar-refractivity contribution is 6.31. The van der Waals surface area contributed by atoms with Crippen LogP contribution in [0.15, 0.2) is 23.0 Å². The SMILES string of the molecule is CC1CCN(Cc2nc3ccc(Cl)cc3c(=O)[nH]2)C(CN)C1.Cl. The second-order valence-corrected chi connectivity index (χ2v) is 6.60. The number of rotatable bonds is 3. The van der Waals surface area contributed by atoms with E-state index in [-0.39, 0.29) is 18.0 Å². The third-order valence-corrected chi connectivity index (χ3v) is 4.68. The summed E-state index contributed by atoms with van der Waals surface area (Å²) in [5.74, 6) is 1.39. The fraction of sp³-hybridized carbons (Fsp3) is 0.500. The molecule has 1 aromatic heterocycles. The van der Waals surface area contributed by atoms with E-state index in [1.807, 2.05) is 0 Å². The Hall–Kier alpha value is -1.14. The molecule has 3 rings (SSSR count). The zero-order valence-corrected chi connectivity index (χ0v) is 14.7. The van der Waals surface area contributed by atoms with Gasteiger partial charge >= 0.3 is 0 Å². The van der Waals surface area contributed by atoms with Crippen molar-refractivity contribution in [2.24, 2.45) is 11.7 Å². The van der Waals surface area contributed by atoms with Crippen molar-refractivity contribution in [1.29, 1.82) is 0 Å². The molecule has 1 saturated heterocycles.